The van der Waals surface area contributed by atoms with Gasteiger partial charge in [0.15, 0.2) is 0 Å². The Hall–Kier alpha value is -2.20. The third-order valence-electron chi connectivity index (χ3n) is 3.47. The molecule has 22 heavy (non-hydrogen) atoms. The lowest BCUT2D eigenvalue weighted by Gasteiger charge is -2.08. The first kappa shape index (κ1) is 14.7. The number of rotatable bonds is 3. The van der Waals surface area contributed by atoms with Gasteiger partial charge < -0.3 is 0 Å². The van der Waals surface area contributed by atoms with Crippen LogP contribution < -0.4 is 5.56 Å². The molecule has 3 rings (SSSR count). The van der Waals surface area contributed by atoms with E-state index in [0.717, 1.165) is 16.1 Å². The summed E-state index contributed by atoms with van der Waals surface area (Å²) in [6.07, 6.45) is 0. The maximum absolute atomic E-state index is 12.1. The van der Waals surface area contributed by atoms with Crippen LogP contribution in [-0.2, 0) is 6.54 Å². The largest absolute Gasteiger partial charge is 0.268 e. The molecule has 0 atom stereocenters. The van der Waals surface area contributed by atoms with Crippen molar-refractivity contribution in [3.63, 3.8) is 0 Å². The summed E-state index contributed by atoms with van der Waals surface area (Å²) in [6.45, 7) is 6.70. The van der Waals surface area contributed by atoms with E-state index in [4.69, 9.17) is 0 Å². The second-order valence-electron chi connectivity index (χ2n) is 5.62. The fourth-order valence-electron chi connectivity index (χ4n) is 2.60. The molecule has 0 saturated carbocycles. The molecular formula is C18H18N2OS. The van der Waals surface area contributed by atoms with Gasteiger partial charge in [-0.25, -0.2) is 4.68 Å². The normalized spacial score (nSPS) is 10.9. The Bertz CT molecular complexity index is 857. The van der Waals surface area contributed by atoms with Crippen molar-refractivity contribution < 1.29 is 0 Å². The van der Waals surface area contributed by atoms with Crippen LogP contribution in [0.5, 0.6) is 0 Å². The molecule has 0 radical (unpaired) electrons. The quantitative estimate of drug-likeness (QED) is 0.734. The van der Waals surface area contributed by atoms with Crippen LogP contribution in [0.1, 0.15) is 21.6 Å². The van der Waals surface area contributed by atoms with E-state index < -0.39 is 0 Å². The Balaban J connectivity index is 1.98. The summed E-state index contributed by atoms with van der Waals surface area (Å²) in [5.41, 5.74) is 4.28. The molecular weight excluding hydrogens is 292 g/mol. The first-order chi connectivity index (χ1) is 10.5. The number of hydrogen-bond donors (Lipinski definition) is 0. The zero-order chi connectivity index (χ0) is 15.7. The minimum atomic E-state index is -0.0730. The van der Waals surface area contributed by atoms with Gasteiger partial charge in [0.1, 0.15) is 5.69 Å². The fraction of sp³-hybridized carbons (Fsp3) is 0.222. The van der Waals surface area contributed by atoms with E-state index in [1.807, 2.05) is 6.07 Å². The van der Waals surface area contributed by atoms with Crippen LogP contribution >= 0.6 is 11.3 Å². The molecule has 0 fully saturated rings. The number of benzene rings is 1. The van der Waals surface area contributed by atoms with Crippen molar-refractivity contribution in [2.75, 3.05) is 0 Å². The van der Waals surface area contributed by atoms with E-state index in [0.29, 0.717) is 6.54 Å². The lowest BCUT2D eigenvalue weighted by Crippen LogP contribution is -2.22. The van der Waals surface area contributed by atoms with Gasteiger partial charge in [0.25, 0.3) is 5.56 Å². The van der Waals surface area contributed by atoms with Crippen molar-refractivity contribution in [2.24, 2.45) is 0 Å². The van der Waals surface area contributed by atoms with E-state index in [-0.39, 0.29) is 5.56 Å². The summed E-state index contributed by atoms with van der Waals surface area (Å²) in [5.74, 6) is 0. The highest BCUT2D eigenvalue weighted by molar-refractivity contribution is 7.15. The monoisotopic (exact) mass is 310 g/mol. The Morgan fingerprint density at radius 3 is 2.36 bits per heavy atom. The van der Waals surface area contributed by atoms with Crippen LogP contribution in [0.4, 0.5) is 0 Å². The maximum atomic E-state index is 12.1. The lowest BCUT2D eigenvalue weighted by molar-refractivity contribution is 0.642. The predicted octanol–water partition coefficient (Wildman–Crippen LogP) is 3.95. The second kappa shape index (κ2) is 5.89. The molecule has 3 aromatic rings. The summed E-state index contributed by atoms with van der Waals surface area (Å²) >= 11 is 1.69. The number of hydrogen-bond acceptors (Lipinski definition) is 3. The molecule has 1 aromatic carbocycles. The Morgan fingerprint density at radius 1 is 1.00 bits per heavy atom. The van der Waals surface area contributed by atoms with Gasteiger partial charge in [0, 0.05) is 10.9 Å². The van der Waals surface area contributed by atoms with Crippen molar-refractivity contribution in [3.8, 4) is 10.6 Å². The number of nitrogens with zero attached hydrogens (tertiary/aromatic N) is 2. The highest BCUT2D eigenvalue weighted by atomic mass is 32.1. The minimum Gasteiger partial charge on any atom is -0.268 e. The van der Waals surface area contributed by atoms with Gasteiger partial charge in [-0.1, -0.05) is 29.3 Å². The molecule has 2 aromatic heterocycles. The first-order valence-electron chi connectivity index (χ1n) is 7.23. The van der Waals surface area contributed by atoms with Gasteiger partial charge in [-0.3, -0.25) is 4.79 Å². The minimum absolute atomic E-state index is 0.0730. The summed E-state index contributed by atoms with van der Waals surface area (Å²) < 4.78 is 1.54. The molecule has 0 unspecified atom stereocenters. The highest BCUT2D eigenvalue weighted by Gasteiger charge is 2.06. The topological polar surface area (TPSA) is 34.9 Å². The summed E-state index contributed by atoms with van der Waals surface area (Å²) in [6, 6.07) is 13.8. The summed E-state index contributed by atoms with van der Waals surface area (Å²) in [7, 11) is 0. The SMILES string of the molecule is Cc1cc(C)cc(Cn2nc(-c3ccc(C)s3)ccc2=O)c1. The third kappa shape index (κ3) is 3.17. The van der Waals surface area contributed by atoms with Crippen LogP contribution in [0.15, 0.2) is 47.3 Å². The molecule has 0 aliphatic heterocycles. The molecule has 0 saturated heterocycles. The van der Waals surface area contributed by atoms with Gasteiger partial charge in [0.05, 0.1) is 11.4 Å². The van der Waals surface area contributed by atoms with Crippen LogP contribution in [-0.4, -0.2) is 9.78 Å². The lowest BCUT2D eigenvalue weighted by atomic mass is 10.1. The third-order valence-corrected chi connectivity index (χ3v) is 4.50. The standard InChI is InChI=1S/C18H18N2OS/c1-12-8-13(2)10-15(9-12)11-20-18(21)7-5-16(19-20)17-6-4-14(3)22-17/h4-10H,11H2,1-3H3. The second-order valence-corrected chi connectivity index (χ2v) is 6.91. The van der Waals surface area contributed by atoms with E-state index in [1.165, 1.54) is 16.0 Å². The Kier molecular flexibility index (Phi) is 3.94. The molecule has 4 heteroatoms. The fourth-order valence-corrected chi connectivity index (χ4v) is 3.43. The van der Waals surface area contributed by atoms with Gasteiger partial charge in [-0.15, -0.1) is 11.3 Å². The number of aryl methyl sites for hydroxylation is 3. The maximum Gasteiger partial charge on any atom is 0.267 e. The van der Waals surface area contributed by atoms with Crippen LogP contribution in [0, 0.1) is 20.8 Å². The van der Waals surface area contributed by atoms with Gasteiger partial charge in [-0.2, -0.15) is 5.10 Å². The molecule has 0 aliphatic carbocycles. The first-order valence-corrected chi connectivity index (χ1v) is 8.05. The summed E-state index contributed by atoms with van der Waals surface area (Å²) in [4.78, 5) is 14.4. The van der Waals surface area contributed by atoms with E-state index in [1.54, 1.807) is 28.2 Å². The molecule has 0 bridgehead atoms. The van der Waals surface area contributed by atoms with Crippen molar-refractivity contribution in [1.82, 2.24) is 9.78 Å². The van der Waals surface area contributed by atoms with Crippen LogP contribution in [0.3, 0.4) is 0 Å². The highest BCUT2D eigenvalue weighted by Crippen LogP contribution is 2.25. The Morgan fingerprint density at radius 2 is 1.73 bits per heavy atom. The number of aromatic nitrogens is 2. The Labute approximate surface area is 133 Å². The molecule has 0 amide bonds. The van der Waals surface area contributed by atoms with Gasteiger partial charge >= 0.3 is 0 Å². The molecule has 0 aliphatic rings. The van der Waals surface area contributed by atoms with E-state index >= 15 is 0 Å². The molecule has 2 heterocycles. The van der Waals surface area contributed by atoms with Crippen LogP contribution in [0.2, 0.25) is 0 Å². The molecule has 112 valence electrons. The van der Waals surface area contributed by atoms with Crippen molar-refractivity contribution in [2.45, 2.75) is 27.3 Å². The van der Waals surface area contributed by atoms with E-state index in [9.17, 15) is 4.79 Å². The number of thiophene rings is 1. The van der Waals surface area contributed by atoms with Crippen molar-refractivity contribution in [3.05, 3.63) is 74.4 Å². The zero-order valence-electron chi connectivity index (χ0n) is 13.0. The predicted molar refractivity (Wildman–Crippen MR) is 91.6 cm³/mol. The molecule has 3 nitrogen and oxygen atoms in total. The summed E-state index contributed by atoms with van der Waals surface area (Å²) in [5, 5.41) is 4.53. The van der Waals surface area contributed by atoms with Gasteiger partial charge in [-0.05, 0) is 44.5 Å². The zero-order valence-corrected chi connectivity index (χ0v) is 13.8. The smallest absolute Gasteiger partial charge is 0.267 e. The molecule has 0 spiro atoms. The van der Waals surface area contributed by atoms with Crippen molar-refractivity contribution in [1.29, 1.82) is 0 Å². The molecule has 0 N–H and O–H groups in total. The average molecular weight is 310 g/mol. The average Bonchev–Trinajstić information content (AvgIpc) is 2.87. The van der Waals surface area contributed by atoms with Crippen LogP contribution in [0.25, 0.3) is 10.6 Å². The van der Waals surface area contributed by atoms with Crippen molar-refractivity contribution >= 4 is 11.3 Å². The van der Waals surface area contributed by atoms with E-state index in [2.05, 4.69) is 50.1 Å². The van der Waals surface area contributed by atoms with Gasteiger partial charge in [0.2, 0.25) is 0 Å².